The zero-order valence-corrected chi connectivity index (χ0v) is 15.3. The van der Waals surface area contributed by atoms with Gasteiger partial charge in [0.05, 0.1) is 0 Å². The second kappa shape index (κ2) is 6.63. The molecule has 0 fully saturated rings. The quantitative estimate of drug-likeness (QED) is 0.225. The van der Waals surface area contributed by atoms with E-state index in [-0.39, 0.29) is 0 Å². The van der Waals surface area contributed by atoms with Crippen molar-refractivity contribution in [2.75, 3.05) is 0 Å². The summed E-state index contributed by atoms with van der Waals surface area (Å²) >= 11 is 1.84. The molecule has 1 aromatic heterocycles. The van der Waals surface area contributed by atoms with Crippen LogP contribution in [0.2, 0.25) is 0 Å². The summed E-state index contributed by atoms with van der Waals surface area (Å²) in [5, 5.41) is 0. The molecule has 0 radical (unpaired) electrons. The van der Waals surface area contributed by atoms with Crippen LogP contribution in [-0.2, 0) is 0 Å². The van der Waals surface area contributed by atoms with E-state index < -0.39 is 7.81 Å². The average Bonchev–Trinajstić information content (AvgIpc) is 2.53. The van der Waals surface area contributed by atoms with E-state index in [2.05, 4.69) is 79.7 Å². The van der Waals surface area contributed by atoms with Crippen LogP contribution in [0.15, 0.2) is 72.8 Å². The Hall–Kier alpha value is -1.98. The Morgan fingerprint density at radius 1 is 0.615 bits per heavy atom. The van der Waals surface area contributed by atoms with Crippen LogP contribution in [0.4, 0.5) is 25.2 Å². The second-order valence-corrected chi connectivity index (χ2v) is 8.55. The van der Waals surface area contributed by atoms with Gasteiger partial charge in [0.1, 0.15) is 0 Å². The first-order valence-electron chi connectivity index (χ1n) is 7.40. The molecule has 0 bridgehead atoms. The fraction of sp³-hybridized carbons (Fsp3) is 0.0556. The normalized spacial score (nSPS) is 13.8. The molecule has 8 heteroatoms. The van der Waals surface area contributed by atoms with Gasteiger partial charge in [0.15, 0.2) is 0 Å². The van der Waals surface area contributed by atoms with Crippen molar-refractivity contribution in [3.8, 4) is 20.9 Å². The molecule has 26 heavy (non-hydrogen) atoms. The van der Waals surface area contributed by atoms with Crippen LogP contribution in [0.3, 0.4) is 0 Å². The molecule has 2 aromatic carbocycles. The van der Waals surface area contributed by atoms with Crippen molar-refractivity contribution in [3.63, 3.8) is 0 Å². The molecule has 0 unspecified atom stereocenters. The fourth-order valence-corrected chi connectivity index (χ4v) is 3.36. The molecule has 140 valence electrons. The van der Waals surface area contributed by atoms with Crippen LogP contribution in [0.25, 0.3) is 20.9 Å². The molecule has 1 heterocycles. The zero-order valence-electron chi connectivity index (χ0n) is 13.6. The van der Waals surface area contributed by atoms with Gasteiger partial charge in [-0.3, -0.25) is 0 Å². The maximum atomic E-state index is 9.87. The molecular formula is C18H15F6PS. The predicted octanol–water partition coefficient (Wildman–Crippen LogP) is 9.05. The summed E-state index contributed by atoms with van der Waals surface area (Å²) in [6, 6.07) is 25.7. The van der Waals surface area contributed by atoms with E-state index >= 15 is 0 Å². The third-order valence-electron chi connectivity index (χ3n) is 3.05. The molecule has 0 saturated carbocycles. The zero-order chi connectivity index (χ0) is 19.5. The first-order chi connectivity index (χ1) is 11.8. The number of halogens is 6. The molecule has 0 amide bonds. The summed E-state index contributed by atoms with van der Waals surface area (Å²) in [7, 11) is -10.7. The molecule has 0 aliphatic heterocycles. The standard InChI is InChI=1S/C18H15S.F6P/c1-14-12-17(15-8-4-2-5-9-15)19-18(13-14)16-10-6-3-7-11-16;1-7(2,3,4,5)6/h2-13H,1H3;/q+1;-1. The van der Waals surface area contributed by atoms with E-state index in [1.807, 2.05) is 11.3 Å². The Morgan fingerprint density at radius 2 is 0.923 bits per heavy atom. The van der Waals surface area contributed by atoms with Gasteiger partial charge >= 0.3 is 33.0 Å². The molecule has 0 aliphatic rings. The fourth-order valence-electron chi connectivity index (χ4n) is 2.12. The molecule has 0 spiro atoms. The first-order valence-corrected chi connectivity index (χ1v) is 10.2. The number of rotatable bonds is 2. The third-order valence-corrected chi connectivity index (χ3v) is 4.20. The van der Waals surface area contributed by atoms with Crippen molar-refractivity contribution >= 4 is 19.1 Å². The van der Waals surface area contributed by atoms with E-state index in [4.69, 9.17) is 0 Å². The average molecular weight is 408 g/mol. The van der Waals surface area contributed by atoms with Crippen LogP contribution >= 0.6 is 19.1 Å². The van der Waals surface area contributed by atoms with E-state index in [9.17, 15) is 25.2 Å². The number of hydrogen-bond acceptors (Lipinski definition) is 0. The number of benzene rings is 2. The van der Waals surface area contributed by atoms with Crippen molar-refractivity contribution in [2.24, 2.45) is 0 Å². The third kappa shape index (κ3) is 8.41. The van der Waals surface area contributed by atoms with E-state index in [1.54, 1.807) is 0 Å². The van der Waals surface area contributed by atoms with Gasteiger partial charge in [-0.1, -0.05) is 36.4 Å². The van der Waals surface area contributed by atoms with Gasteiger partial charge in [-0.15, -0.1) is 0 Å². The van der Waals surface area contributed by atoms with Crippen LogP contribution in [0.5, 0.6) is 0 Å². The number of aryl methyl sites for hydroxylation is 1. The Balaban J connectivity index is 0.000000298. The van der Waals surface area contributed by atoms with Crippen molar-refractivity contribution < 1.29 is 25.2 Å². The molecule has 0 atom stereocenters. The van der Waals surface area contributed by atoms with Crippen molar-refractivity contribution in [1.82, 2.24) is 0 Å². The van der Waals surface area contributed by atoms with Crippen molar-refractivity contribution in [2.45, 2.75) is 6.92 Å². The van der Waals surface area contributed by atoms with Gasteiger partial charge in [-0.05, 0) is 36.8 Å². The number of hydrogen-bond donors (Lipinski definition) is 0. The molecule has 3 aromatic rings. The Morgan fingerprint density at radius 3 is 1.23 bits per heavy atom. The van der Waals surface area contributed by atoms with E-state index in [0.717, 1.165) is 0 Å². The Kier molecular flexibility index (Phi) is 5.19. The van der Waals surface area contributed by atoms with Gasteiger partial charge in [0.2, 0.25) is 21.1 Å². The van der Waals surface area contributed by atoms with Gasteiger partial charge < -0.3 is 0 Å². The van der Waals surface area contributed by atoms with Gasteiger partial charge in [-0.2, -0.15) is 0 Å². The molecule has 0 aliphatic carbocycles. The molecule has 3 rings (SSSR count). The topological polar surface area (TPSA) is 0 Å². The maximum absolute atomic E-state index is 10.7. The van der Waals surface area contributed by atoms with Crippen LogP contribution in [0.1, 0.15) is 5.56 Å². The summed E-state index contributed by atoms with van der Waals surface area (Å²) in [5.74, 6) is 0. The van der Waals surface area contributed by atoms with E-state index in [0.29, 0.717) is 0 Å². The molecule has 0 N–H and O–H groups in total. The monoisotopic (exact) mass is 408 g/mol. The minimum atomic E-state index is -10.7. The van der Waals surface area contributed by atoms with Crippen molar-refractivity contribution in [1.29, 1.82) is 0 Å². The summed E-state index contributed by atoms with van der Waals surface area (Å²) in [6.45, 7) is 2.16. The summed E-state index contributed by atoms with van der Waals surface area (Å²) in [5.41, 5.74) is 3.87. The molecule has 0 saturated heterocycles. The van der Waals surface area contributed by atoms with Gasteiger partial charge in [-0.25, -0.2) is 0 Å². The van der Waals surface area contributed by atoms with Gasteiger partial charge in [0, 0.05) is 23.3 Å². The minimum absolute atomic E-state index is 1.29. The molecule has 0 nitrogen and oxygen atoms in total. The SMILES string of the molecule is Cc1cc(-c2ccccc2)[s+]c(-c2ccccc2)c1.F[P-](F)(F)(F)(F)F. The summed E-state index contributed by atoms with van der Waals surface area (Å²) < 4.78 is 59.2. The summed E-state index contributed by atoms with van der Waals surface area (Å²) in [4.78, 5) is 2.64. The second-order valence-electron chi connectivity index (χ2n) is 5.55. The van der Waals surface area contributed by atoms with Crippen molar-refractivity contribution in [3.05, 3.63) is 78.4 Å². The predicted molar refractivity (Wildman–Crippen MR) is 97.9 cm³/mol. The molecular weight excluding hydrogens is 393 g/mol. The van der Waals surface area contributed by atoms with E-state index in [1.165, 1.54) is 26.4 Å². The Labute approximate surface area is 151 Å². The van der Waals surface area contributed by atoms with Crippen LogP contribution in [-0.4, -0.2) is 0 Å². The van der Waals surface area contributed by atoms with Gasteiger partial charge in [0.25, 0.3) is 0 Å². The van der Waals surface area contributed by atoms with Crippen LogP contribution < -0.4 is 0 Å². The first kappa shape index (κ1) is 20.3. The van der Waals surface area contributed by atoms with Crippen LogP contribution in [0, 0.1) is 6.92 Å². The summed E-state index contributed by atoms with van der Waals surface area (Å²) in [6.07, 6.45) is 0. The Bertz CT molecular complexity index is 809.